The van der Waals surface area contributed by atoms with E-state index in [9.17, 15) is 4.79 Å². The summed E-state index contributed by atoms with van der Waals surface area (Å²) >= 11 is 0. The molecule has 1 saturated heterocycles. The lowest BCUT2D eigenvalue weighted by Crippen LogP contribution is -2.53. The lowest BCUT2D eigenvalue weighted by Gasteiger charge is -2.39. The number of rotatable bonds is 0. The second-order valence-electron chi connectivity index (χ2n) is 3.97. The van der Waals surface area contributed by atoms with Crippen LogP contribution in [0.1, 0.15) is 32.1 Å². The Morgan fingerprint density at radius 1 is 1.33 bits per heavy atom. The molecule has 2 aliphatic rings. The standard InChI is InChI=1S/C9H16N2O/c10-7-2-1-3-8-6(7)4-5-9(12)11-8/h6-8H,1-5,10H2,(H,11,12). The Balaban J connectivity index is 2.04. The van der Waals surface area contributed by atoms with Crippen LogP contribution >= 0.6 is 0 Å². The van der Waals surface area contributed by atoms with Crippen LogP contribution in [-0.4, -0.2) is 18.0 Å². The molecule has 0 aromatic carbocycles. The number of amides is 1. The molecule has 3 unspecified atom stereocenters. The Morgan fingerprint density at radius 3 is 3.00 bits per heavy atom. The van der Waals surface area contributed by atoms with Crippen molar-refractivity contribution in [3.8, 4) is 0 Å². The lowest BCUT2D eigenvalue weighted by atomic mass is 9.76. The number of nitrogens with one attached hydrogen (secondary N) is 1. The monoisotopic (exact) mass is 168 g/mol. The van der Waals surface area contributed by atoms with Gasteiger partial charge in [-0.05, 0) is 31.6 Å². The maximum Gasteiger partial charge on any atom is 0.220 e. The highest BCUT2D eigenvalue weighted by Crippen LogP contribution is 2.29. The molecule has 0 spiro atoms. The van der Waals surface area contributed by atoms with E-state index in [0.717, 1.165) is 19.3 Å². The van der Waals surface area contributed by atoms with Gasteiger partial charge in [0.25, 0.3) is 0 Å². The van der Waals surface area contributed by atoms with Crippen LogP contribution in [0.3, 0.4) is 0 Å². The van der Waals surface area contributed by atoms with Crippen molar-refractivity contribution in [2.75, 3.05) is 0 Å². The minimum Gasteiger partial charge on any atom is -0.353 e. The summed E-state index contributed by atoms with van der Waals surface area (Å²) in [6, 6.07) is 0.708. The van der Waals surface area contributed by atoms with E-state index in [1.165, 1.54) is 6.42 Å². The smallest absolute Gasteiger partial charge is 0.220 e. The number of fused-ring (bicyclic) bond motifs is 1. The molecule has 3 nitrogen and oxygen atoms in total. The Kier molecular flexibility index (Phi) is 2.05. The highest BCUT2D eigenvalue weighted by molar-refractivity contribution is 5.77. The lowest BCUT2D eigenvalue weighted by molar-refractivity contribution is -0.125. The van der Waals surface area contributed by atoms with E-state index in [4.69, 9.17) is 5.73 Å². The Hall–Kier alpha value is -0.570. The fourth-order valence-corrected chi connectivity index (χ4v) is 2.47. The van der Waals surface area contributed by atoms with Gasteiger partial charge < -0.3 is 11.1 Å². The first-order valence-electron chi connectivity index (χ1n) is 4.82. The van der Waals surface area contributed by atoms with E-state index >= 15 is 0 Å². The third-order valence-corrected chi connectivity index (χ3v) is 3.17. The molecule has 3 heteroatoms. The van der Waals surface area contributed by atoms with Crippen LogP contribution in [0, 0.1) is 5.92 Å². The molecule has 2 rings (SSSR count). The number of piperidine rings is 1. The summed E-state index contributed by atoms with van der Waals surface area (Å²) in [5, 5.41) is 3.03. The summed E-state index contributed by atoms with van der Waals surface area (Å²) in [4.78, 5) is 11.1. The van der Waals surface area contributed by atoms with E-state index in [-0.39, 0.29) is 5.91 Å². The molecule has 1 aliphatic carbocycles. The number of carbonyl (C=O) groups is 1. The molecule has 0 aromatic rings. The van der Waals surface area contributed by atoms with Gasteiger partial charge in [0.2, 0.25) is 5.91 Å². The van der Waals surface area contributed by atoms with Crippen LogP contribution < -0.4 is 11.1 Å². The molecule has 12 heavy (non-hydrogen) atoms. The highest BCUT2D eigenvalue weighted by Gasteiger charge is 2.35. The second kappa shape index (κ2) is 3.05. The molecule has 0 aromatic heterocycles. The van der Waals surface area contributed by atoms with Crippen LogP contribution in [0.2, 0.25) is 0 Å². The van der Waals surface area contributed by atoms with Gasteiger partial charge in [0, 0.05) is 18.5 Å². The summed E-state index contributed by atoms with van der Waals surface area (Å²) < 4.78 is 0. The zero-order valence-corrected chi connectivity index (χ0v) is 7.25. The fourth-order valence-electron chi connectivity index (χ4n) is 2.47. The van der Waals surface area contributed by atoms with Crippen molar-refractivity contribution in [2.45, 2.75) is 44.2 Å². The zero-order chi connectivity index (χ0) is 8.55. The van der Waals surface area contributed by atoms with Crippen LogP contribution in [0.25, 0.3) is 0 Å². The summed E-state index contributed by atoms with van der Waals surface area (Å²) in [5.41, 5.74) is 5.98. The first-order chi connectivity index (χ1) is 5.77. The summed E-state index contributed by atoms with van der Waals surface area (Å²) in [6.07, 6.45) is 5.11. The molecule has 3 atom stereocenters. The van der Waals surface area contributed by atoms with Gasteiger partial charge in [-0.2, -0.15) is 0 Å². The SMILES string of the molecule is NC1CCCC2NC(=O)CCC12. The van der Waals surface area contributed by atoms with Gasteiger partial charge in [0.1, 0.15) is 0 Å². The van der Waals surface area contributed by atoms with E-state index in [0.29, 0.717) is 24.4 Å². The number of nitrogens with two attached hydrogens (primary N) is 1. The minimum atomic E-state index is 0.213. The van der Waals surface area contributed by atoms with Crippen molar-refractivity contribution < 1.29 is 4.79 Å². The normalized spacial score (nSPS) is 41.8. The van der Waals surface area contributed by atoms with Gasteiger partial charge in [0.15, 0.2) is 0 Å². The molecule has 3 N–H and O–H groups in total. The molecular formula is C9H16N2O. The molecule has 68 valence electrons. The van der Waals surface area contributed by atoms with Crippen molar-refractivity contribution in [3.05, 3.63) is 0 Å². The number of hydrogen-bond acceptors (Lipinski definition) is 2. The number of hydrogen-bond donors (Lipinski definition) is 2. The van der Waals surface area contributed by atoms with Crippen molar-refractivity contribution in [1.29, 1.82) is 0 Å². The molecular weight excluding hydrogens is 152 g/mol. The van der Waals surface area contributed by atoms with Gasteiger partial charge in [-0.15, -0.1) is 0 Å². The van der Waals surface area contributed by atoms with E-state index in [2.05, 4.69) is 5.32 Å². The average molecular weight is 168 g/mol. The number of carbonyl (C=O) groups excluding carboxylic acids is 1. The third kappa shape index (κ3) is 1.33. The molecule has 1 saturated carbocycles. The van der Waals surface area contributed by atoms with Crippen LogP contribution in [-0.2, 0) is 4.79 Å². The van der Waals surface area contributed by atoms with Gasteiger partial charge >= 0.3 is 0 Å². The maximum absolute atomic E-state index is 11.1. The van der Waals surface area contributed by atoms with E-state index in [1.807, 2.05) is 0 Å². The van der Waals surface area contributed by atoms with Gasteiger partial charge in [-0.25, -0.2) is 0 Å². The Morgan fingerprint density at radius 2 is 2.17 bits per heavy atom. The van der Waals surface area contributed by atoms with E-state index in [1.54, 1.807) is 0 Å². The Bertz CT molecular complexity index is 193. The quantitative estimate of drug-likeness (QED) is 0.550. The first-order valence-corrected chi connectivity index (χ1v) is 4.82. The summed E-state index contributed by atoms with van der Waals surface area (Å²) in [5.74, 6) is 0.766. The molecule has 2 fully saturated rings. The van der Waals surface area contributed by atoms with Gasteiger partial charge in [0.05, 0.1) is 0 Å². The van der Waals surface area contributed by atoms with Crippen molar-refractivity contribution in [1.82, 2.24) is 5.32 Å². The summed E-state index contributed by atoms with van der Waals surface area (Å²) in [7, 11) is 0. The molecule has 1 heterocycles. The van der Waals surface area contributed by atoms with Crippen LogP contribution in [0.15, 0.2) is 0 Å². The predicted octanol–water partition coefficient (Wildman–Crippen LogP) is 0.392. The molecule has 0 radical (unpaired) electrons. The average Bonchev–Trinajstić information content (AvgIpc) is 2.04. The highest BCUT2D eigenvalue weighted by atomic mass is 16.1. The van der Waals surface area contributed by atoms with Crippen molar-refractivity contribution >= 4 is 5.91 Å². The van der Waals surface area contributed by atoms with Gasteiger partial charge in [-0.3, -0.25) is 4.79 Å². The molecule has 1 aliphatic heterocycles. The predicted molar refractivity (Wildman–Crippen MR) is 46.5 cm³/mol. The second-order valence-corrected chi connectivity index (χ2v) is 3.97. The van der Waals surface area contributed by atoms with Crippen LogP contribution in [0.5, 0.6) is 0 Å². The summed E-state index contributed by atoms with van der Waals surface area (Å²) in [6.45, 7) is 0. The third-order valence-electron chi connectivity index (χ3n) is 3.17. The largest absolute Gasteiger partial charge is 0.353 e. The minimum absolute atomic E-state index is 0.213. The van der Waals surface area contributed by atoms with Gasteiger partial charge in [-0.1, -0.05) is 0 Å². The maximum atomic E-state index is 11.1. The van der Waals surface area contributed by atoms with Crippen molar-refractivity contribution in [3.63, 3.8) is 0 Å². The first kappa shape index (κ1) is 8.05. The van der Waals surface area contributed by atoms with Crippen molar-refractivity contribution in [2.24, 2.45) is 11.7 Å². The molecule has 1 amide bonds. The zero-order valence-electron chi connectivity index (χ0n) is 7.25. The fraction of sp³-hybridized carbons (Fsp3) is 0.889. The van der Waals surface area contributed by atoms with Crippen LogP contribution in [0.4, 0.5) is 0 Å². The topological polar surface area (TPSA) is 55.1 Å². The Labute approximate surface area is 72.7 Å². The van der Waals surface area contributed by atoms with E-state index < -0.39 is 0 Å². The molecule has 0 bridgehead atoms.